The molecule has 1 saturated heterocycles. The standard InChI is InChI=1S/C16H24N2O2/c1-2-18(12-14-7-5-11-20-14)16(19)10-9-13-6-3-4-8-15(13)17/h3-4,6,8,14H,2,5,7,9-12,17H2,1H3. The second kappa shape index (κ2) is 7.29. The maximum absolute atomic E-state index is 12.3. The van der Waals surface area contributed by atoms with E-state index in [0.29, 0.717) is 12.8 Å². The highest BCUT2D eigenvalue weighted by Crippen LogP contribution is 2.16. The third-order valence-electron chi connectivity index (χ3n) is 3.85. The summed E-state index contributed by atoms with van der Waals surface area (Å²) in [6.45, 7) is 4.31. The number of nitrogens with two attached hydrogens (primary N) is 1. The van der Waals surface area contributed by atoms with E-state index < -0.39 is 0 Å². The van der Waals surface area contributed by atoms with E-state index in [1.165, 1.54) is 0 Å². The third-order valence-corrected chi connectivity index (χ3v) is 3.85. The largest absolute Gasteiger partial charge is 0.399 e. The van der Waals surface area contributed by atoms with Gasteiger partial charge >= 0.3 is 0 Å². The first-order valence-electron chi connectivity index (χ1n) is 7.43. The number of anilines is 1. The molecule has 0 spiro atoms. The van der Waals surface area contributed by atoms with Gasteiger partial charge in [0.2, 0.25) is 5.91 Å². The highest BCUT2D eigenvalue weighted by atomic mass is 16.5. The second-order valence-corrected chi connectivity index (χ2v) is 5.27. The Kier molecular flexibility index (Phi) is 5.41. The molecule has 1 aromatic rings. The zero-order valence-electron chi connectivity index (χ0n) is 12.2. The average Bonchev–Trinajstić information content (AvgIpc) is 2.96. The van der Waals surface area contributed by atoms with Gasteiger partial charge in [0, 0.05) is 31.8 Å². The van der Waals surface area contributed by atoms with E-state index in [0.717, 1.165) is 43.8 Å². The lowest BCUT2D eigenvalue weighted by Crippen LogP contribution is -2.37. The summed E-state index contributed by atoms with van der Waals surface area (Å²) in [5, 5.41) is 0. The van der Waals surface area contributed by atoms with E-state index in [4.69, 9.17) is 10.5 Å². The molecule has 0 saturated carbocycles. The highest BCUT2D eigenvalue weighted by Gasteiger charge is 2.21. The van der Waals surface area contributed by atoms with Crippen LogP contribution in [0.4, 0.5) is 5.69 Å². The van der Waals surface area contributed by atoms with Gasteiger partial charge in [-0.2, -0.15) is 0 Å². The monoisotopic (exact) mass is 276 g/mol. The van der Waals surface area contributed by atoms with Crippen molar-refractivity contribution >= 4 is 11.6 Å². The summed E-state index contributed by atoms with van der Waals surface area (Å²) in [5.41, 5.74) is 7.72. The van der Waals surface area contributed by atoms with E-state index >= 15 is 0 Å². The topological polar surface area (TPSA) is 55.6 Å². The number of aryl methyl sites for hydroxylation is 1. The summed E-state index contributed by atoms with van der Waals surface area (Å²) in [7, 11) is 0. The van der Waals surface area contributed by atoms with Crippen molar-refractivity contribution in [1.82, 2.24) is 4.90 Å². The Balaban J connectivity index is 1.84. The Morgan fingerprint density at radius 1 is 1.45 bits per heavy atom. The van der Waals surface area contributed by atoms with Crippen LogP contribution in [-0.2, 0) is 16.0 Å². The maximum atomic E-state index is 12.3. The van der Waals surface area contributed by atoms with Gasteiger partial charge in [0.1, 0.15) is 0 Å². The quantitative estimate of drug-likeness (QED) is 0.811. The van der Waals surface area contributed by atoms with Crippen LogP contribution in [0.5, 0.6) is 0 Å². The lowest BCUT2D eigenvalue weighted by Gasteiger charge is -2.24. The van der Waals surface area contributed by atoms with E-state index in [9.17, 15) is 4.79 Å². The number of rotatable bonds is 6. The SMILES string of the molecule is CCN(CC1CCCO1)C(=O)CCc1ccccc1N. The molecule has 1 fully saturated rings. The summed E-state index contributed by atoms with van der Waals surface area (Å²) in [6.07, 6.45) is 3.61. The third kappa shape index (κ3) is 3.97. The van der Waals surface area contributed by atoms with E-state index in [1.54, 1.807) is 0 Å². The summed E-state index contributed by atoms with van der Waals surface area (Å²) in [4.78, 5) is 14.2. The minimum Gasteiger partial charge on any atom is -0.399 e. The van der Waals surface area contributed by atoms with Gasteiger partial charge in [-0.25, -0.2) is 0 Å². The molecule has 0 aromatic heterocycles. The molecule has 1 aliphatic heterocycles. The molecule has 1 amide bonds. The van der Waals surface area contributed by atoms with Crippen molar-refractivity contribution in [3.8, 4) is 0 Å². The molecule has 0 aliphatic carbocycles. The first-order valence-corrected chi connectivity index (χ1v) is 7.43. The van der Waals surface area contributed by atoms with Gasteiger partial charge in [-0.05, 0) is 37.8 Å². The molecule has 1 aliphatic rings. The van der Waals surface area contributed by atoms with E-state index in [-0.39, 0.29) is 12.0 Å². The van der Waals surface area contributed by atoms with E-state index in [1.807, 2.05) is 36.1 Å². The van der Waals surface area contributed by atoms with Crippen LogP contribution >= 0.6 is 0 Å². The Morgan fingerprint density at radius 2 is 2.25 bits per heavy atom. The van der Waals surface area contributed by atoms with Crippen LogP contribution in [0.2, 0.25) is 0 Å². The zero-order valence-corrected chi connectivity index (χ0v) is 12.2. The number of carbonyl (C=O) groups excluding carboxylic acids is 1. The number of hydrogen-bond donors (Lipinski definition) is 1. The molecule has 1 aromatic carbocycles. The number of nitrogen functional groups attached to an aromatic ring is 1. The first kappa shape index (κ1) is 14.9. The molecule has 0 bridgehead atoms. The van der Waals surface area contributed by atoms with Gasteiger partial charge < -0.3 is 15.4 Å². The zero-order chi connectivity index (χ0) is 14.4. The number of ether oxygens (including phenoxy) is 1. The molecule has 2 rings (SSSR count). The van der Waals surface area contributed by atoms with Gasteiger partial charge in [0.25, 0.3) is 0 Å². The molecule has 1 atom stereocenters. The number of benzene rings is 1. The van der Waals surface area contributed by atoms with Crippen molar-refractivity contribution in [2.45, 2.75) is 38.7 Å². The second-order valence-electron chi connectivity index (χ2n) is 5.27. The van der Waals surface area contributed by atoms with Gasteiger partial charge in [-0.1, -0.05) is 18.2 Å². The van der Waals surface area contributed by atoms with Crippen LogP contribution < -0.4 is 5.73 Å². The fraction of sp³-hybridized carbons (Fsp3) is 0.562. The molecule has 2 N–H and O–H groups in total. The van der Waals surface area contributed by atoms with Crippen molar-refractivity contribution in [2.24, 2.45) is 0 Å². The van der Waals surface area contributed by atoms with Crippen LogP contribution in [0, 0.1) is 0 Å². The average molecular weight is 276 g/mol. The van der Waals surface area contributed by atoms with Crippen molar-refractivity contribution in [2.75, 3.05) is 25.4 Å². The summed E-state index contributed by atoms with van der Waals surface area (Å²) in [5.74, 6) is 0.186. The molecule has 0 radical (unpaired) electrons. The molecule has 20 heavy (non-hydrogen) atoms. The molecular formula is C16H24N2O2. The maximum Gasteiger partial charge on any atom is 0.222 e. The van der Waals surface area contributed by atoms with Crippen LogP contribution in [0.3, 0.4) is 0 Å². The van der Waals surface area contributed by atoms with E-state index in [2.05, 4.69) is 0 Å². The normalized spacial score (nSPS) is 18.1. The number of carbonyl (C=O) groups is 1. The molecule has 1 heterocycles. The predicted octanol–water partition coefficient (Wildman–Crippen LogP) is 2.23. The van der Waals surface area contributed by atoms with Crippen molar-refractivity contribution in [3.05, 3.63) is 29.8 Å². The number of amides is 1. The van der Waals surface area contributed by atoms with Gasteiger partial charge in [0.15, 0.2) is 0 Å². The Bertz CT molecular complexity index is 442. The first-order chi connectivity index (χ1) is 9.70. The predicted molar refractivity (Wildman–Crippen MR) is 80.4 cm³/mol. The lowest BCUT2D eigenvalue weighted by atomic mass is 10.1. The van der Waals surface area contributed by atoms with Crippen LogP contribution in [0.1, 0.15) is 31.7 Å². The van der Waals surface area contributed by atoms with Crippen molar-refractivity contribution in [3.63, 3.8) is 0 Å². The summed E-state index contributed by atoms with van der Waals surface area (Å²) >= 11 is 0. The Morgan fingerprint density at radius 3 is 2.90 bits per heavy atom. The van der Waals surface area contributed by atoms with Gasteiger partial charge in [-0.3, -0.25) is 4.79 Å². The molecule has 4 heteroatoms. The lowest BCUT2D eigenvalue weighted by molar-refractivity contribution is -0.132. The highest BCUT2D eigenvalue weighted by molar-refractivity contribution is 5.76. The molecule has 4 nitrogen and oxygen atoms in total. The summed E-state index contributed by atoms with van der Waals surface area (Å²) < 4.78 is 5.60. The Hall–Kier alpha value is -1.55. The fourth-order valence-electron chi connectivity index (χ4n) is 2.60. The van der Waals surface area contributed by atoms with Crippen molar-refractivity contribution in [1.29, 1.82) is 0 Å². The number of hydrogen-bond acceptors (Lipinski definition) is 3. The fourth-order valence-corrected chi connectivity index (χ4v) is 2.60. The number of nitrogens with zero attached hydrogens (tertiary/aromatic N) is 1. The minimum atomic E-state index is 0.186. The van der Waals surface area contributed by atoms with Crippen LogP contribution in [0.25, 0.3) is 0 Å². The molecule has 110 valence electrons. The number of para-hydroxylation sites is 1. The molecular weight excluding hydrogens is 252 g/mol. The van der Waals surface area contributed by atoms with Crippen LogP contribution in [-0.4, -0.2) is 36.6 Å². The minimum absolute atomic E-state index is 0.186. The summed E-state index contributed by atoms with van der Waals surface area (Å²) in [6, 6.07) is 7.74. The van der Waals surface area contributed by atoms with Crippen molar-refractivity contribution < 1.29 is 9.53 Å². The Labute approximate surface area is 120 Å². The van der Waals surface area contributed by atoms with Gasteiger partial charge in [0.05, 0.1) is 6.10 Å². The van der Waals surface area contributed by atoms with Gasteiger partial charge in [-0.15, -0.1) is 0 Å². The smallest absolute Gasteiger partial charge is 0.222 e. The molecule has 1 unspecified atom stereocenters. The number of likely N-dealkylation sites (N-methyl/N-ethyl adjacent to an activating group) is 1. The van der Waals surface area contributed by atoms with Crippen LogP contribution in [0.15, 0.2) is 24.3 Å².